The van der Waals surface area contributed by atoms with E-state index in [9.17, 15) is 9.59 Å². The van der Waals surface area contributed by atoms with E-state index in [4.69, 9.17) is 9.72 Å². The zero-order valence-corrected chi connectivity index (χ0v) is 31.2. The first-order valence-corrected chi connectivity index (χ1v) is 19.0. The molecule has 0 bridgehead atoms. The SMILES string of the molecule is Cc1ccc2c(c1Br)CCc1cc(Br)cnc1C2N1CCC(C2CCN(C(=O)CC3CCN(C(=O)OC(C)(C)C)CC3)CC2)CC1. The van der Waals surface area contributed by atoms with Crippen LogP contribution in [0.1, 0.15) is 99.7 Å². The maximum Gasteiger partial charge on any atom is 0.410 e. The highest BCUT2D eigenvalue weighted by Crippen LogP contribution is 2.43. The summed E-state index contributed by atoms with van der Waals surface area (Å²) in [6.45, 7) is 13.2. The zero-order chi connectivity index (χ0) is 32.6. The standard InChI is InChI=1S/C37H50Br2N4O3/c1-24-5-7-31-30(33(24)39)8-6-28-22-29(38)23-40-34(28)35(31)42-19-13-27(14-20-42)26-11-17-41(18-12-26)32(44)21-25-9-15-43(16-10-25)36(45)46-37(2,3)4/h5,7,22-23,25-27,35H,6,8-21H2,1-4H3. The van der Waals surface area contributed by atoms with Crippen molar-refractivity contribution in [2.24, 2.45) is 17.8 Å². The third kappa shape index (κ3) is 7.67. The molecule has 3 saturated heterocycles. The summed E-state index contributed by atoms with van der Waals surface area (Å²) in [5.41, 5.74) is 6.24. The molecule has 1 unspecified atom stereocenters. The third-order valence-corrected chi connectivity index (χ3v) is 12.4. The number of pyridine rings is 1. The Bertz CT molecular complexity index is 1420. The number of likely N-dealkylation sites (tertiary alicyclic amines) is 3. The molecule has 0 radical (unpaired) electrons. The van der Waals surface area contributed by atoms with Crippen LogP contribution in [0, 0.1) is 24.7 Å². The fourth-order valence-electron chi connectivity index (χ4n) is 8.27. The van der Waals surface area contributed by atoms with Crippen LogP contribution >= 0.6 is 31.9 Å². The smallest absolute Gasteiger partial charge is 0.410 e. The molecule has 1 aliphatic carbocycles. The van der Waals surface area contributed by atoms with Gasteiger partial charge in [0, 0.05) is 47.7 Å². The van der Waals surface area contributed by atoms with Crippen molar-refractivity contribution in [3.63, 3.8) is 0 Å². The number of halogens is 2. The largest absolute Gasteiger partial charge is 0.444 e. The molecule has 3 aliphatic heterocycles. The lowest BCUT2D eigenvalue weighted by Gasteiger charge is -2.43. The van der Waals surface area contributed by atoms with Crippen molar-refractivity contribution in [2.45, 2.75) is 97.1 Å². The van der Waals surface area contributed by atoms with E-state index in [0.29, 0.717) is 37.3 Å². The van der Waals surface area contributed by atoms with Crippen molar-refractivity contribution in [2.75, 3.05) is 39.3 Å². The maximum atomic E-state index is 13.3. The summed E-state index contributed by atoms with van der Waals surface area (Å²) < 4.78 is 7.84. The number of amides is 2. The fraction of sp³-hybridized carbons (Fsp3) is 0.649. The number of piperidine rings is 3. The number of aryl methyl sites for hydroxylation is 2. The lowest BCUT2D eigenvalue weighted by Crippen LogP contribution is -2.45. The molecule has 3 fully saturated rings. The van der Waals surface area contributed by atoms with Gasteiger partial charge in [0.25, 0.3) is 0 Å². The molecule has 1 aromatic heterocycles. The number of carbonyl (C=O) groups excluding carboxylic acids is 2. The van der Waals surface area contributed by atoms with Gasteiger partial charge in [0.15, 0.2) is 0 Å². The zero-order valence-electron chi connectivity index (χ0n) is 28.0. The Morgan fingerprint density at radius 1 is 0.891 bits per heavy atom. The first-order valence-electron chi connectivity index (χ1n) is 17.4. The number of aromatic nitrogens is 1. The Labute approximate surface area is 292 Å². The fourth-order valence-corrected chi connectivity index (χ4v) is 9.21. The van der Waals surface area contributed by atoms with E-state index in [0.717, 1.165) is 75.1 Å². The second kappa shape index (κ2) is 14.3. The first-order chi connectivity index (χ1) is 22.0. The van der Waals surface area contributed by atoms with Crippen LogP contribution in [0.5, 0.6) is 0 Å². The van der Waals surface area contributed by atoms with Gasteiger partial charge in [0.05, 0.1) is 11.7 Å². The van der Waals surface area contributed by atoms with Crippen LogP contribution in [-0.4, -0.2) is 76.6 Å². The molecule has 2 aromatic rings. The predicted octanol–water partition coefficient (Wildman–Crippen LogP) is 8.09. The Hall–Kier alpha value is -1.97. The average molecular weight is 759 g/mol. The number of hydrogen-bond acceptors (Lipinski definition) is 5. The van der Waals surface area contributed by atoms with Gasteiger partial charge in [-0.05, 0) is 154 Å². The van der Waals surface area contributed by atoms with Crippen LogP contribution in [0.25, 0.3) is 0 Å². The molecule has 0 N–H and O–H groups in total. The monoisotopic (exact) mass is 756 g/mol. The quantitative estimate of drug-likeness (QED) is 0.316. The van der Waals surface area contributed by atoms with Crippen molar-refractivity contribution >= 4 is 43.9 Å². The van der Waals surface area contributed by atoms with E-state index < -0.39 is 5.60 Å². The van der Waals surface area contributed by atoms with E-state index in [1.165, 1.54) is 45.3 Å². The normalized spacial score (nSPS) is 22.3. The van der Waals surface area contributed by atoms with Gasteiger partial charge in [-0.15, -0.1) is 0 Å². The molecular weight excluding hydrogens is 708 g/mol. The lowest BCUT2D eigenvalue weighted by atomic mass is 9.78. The number of benzene rings is 1. The number of carbonyl (C=O) groups is 2. The highest BCUT2D eigenvalue weighted by molar-refractivity contribution is 9.10. The average Bonchev–Trinajstić information content (AvgIpc) is 3.19. The molecule has 4 aliphatic rings. The van der Waals surface area contributed by atoms with Crippen molar-refractivity contribution in [3.8, 4) is 0 Å². The summed E-state index contributed by atoms with van der Waals surface area (Å²) >= 11 is 7.61. The molecule has 2 amide bonds. The highest BCUT2D eigenvalue weighted by atomic mass is 79.9. The molecule has 46 heavy (non-hydrogen) atoms. The molecule has 9 heteroatoms. The Morgan fingerprint density at radius 2 is 1.52 bits per heavy atom. The van der Waals surface area contributed by atoms with Crippen molar-refractivity contribution in [1.82, 2.24) is 19.7 Å². The van der Waals surface area contributed by atoms with Crippen LogP contribution in [0.3, 0.4) is 0 Å². The van der Waals surface area contributed by atoms with E-state index in [-0.39, 0.29) is 12.1 Å². The van der Waals surface area contributed by atoms with E-state index in [1.54, 1.807) is 4.90 Å². The summed E-state index contributed by atoms with van der Waals surface area (Å²) in [6.07, 6.45) is 10.8. The minimum atomic E-state index is -0.480. The summed E-state index contributed by atoms with van der Waals surface area (Å²) in [6, 6.07) is 7.07. The number of ether oxygens (including phenoxy) is 1. The van der Waals surface area contributed by atoms with E-state index in [1.807, 2.05) is 27.0 Å². The van der Waals surface area contributed by atoms with Gasteiger partial charge in [-0.3, -0.25) is 14.7 Å². The molecule has 1 atom stereocenters. The summed E-state index contributed by atoms with van der Waals surface area (Å²) in [5, 5.41) is 0. The Balaban J connectivity index is 1.01. The molecular formula is C37H50Br2N4O3. The minimum absolute atomic E-state index is 0.189. The van der Waals surface area contributed by atoms with Gasteiger partial charge in [-0.1, -0.05) is 28.1 Å². The van der Waals surface area contributed by atoms with Gasteiger partial charge in [-0.2, -0.15) is 0 Å². The van der Waals surface area contributed by atoms with Gasteiger partial charge >= 0.3 is 6.09 Å². The molecule has 1 aromatic carbocycles. The summed E-state index contributed by atoms with van der Waals surface area (Å²) in [7, 11) is 0. The topological polar surface area (TPSA) is 66.0 Å². The van der Waals surface area contributed by atoms with Gasteiger partial charge < -0.3 is 14.5 Å². The van der Waals surface area contributed by atoms with Crippen molar-refractivity contribution < 1.29 is 14.3 Å². The molecule has 7 nitrogen and oxygen atoms in total. The Morgan fingerprint density at radius 3 is 2.17 bits per heavy atom. The third-order valence-electron chi connectivity index (χ3n) is 10.9. The minimum Gasteiger partial charge on any atom is -0.444 e. The maximum absolute atomic E-state index is 13.3. The number of rotatable bonds is 4. The molecule has 6 rings (SSSR count). The van der Waals surface area contributed by atoms with Crippen LogP contribution in [0.4, 0.5) is 4.79 Å². The number of nitrogens with zero attached hydrogens (tertiary/aromatic N) is 4. The lowest BCUT2D eigenvalue weighted by molar-refractivity contribution is -0.134. The highest BCUT2D eigenvalue weighted by Gasteiger charge is 2.37. The van der Waals surface area contributed by atoms with Gasteiger partial charge in [0.2, 0.25) is 5.91 Å². The van der Waals surface area contributed by atoms with E-state index in [2.05, 4.69) is 66.8 Å². The van der Waals surface area contributed by atoms with Gasteiger partial charge in [-0.25, -0.2) is 4.79 Å². The molecule has 0 saturated carbocycles. The van der Waals surface area contributed by atoms with Crippen molar-refractivity contribution in [3.05, 3.63) is 61.3 Å². The molecule has 250 valence electrons. The van der Waals surface area contributed by atoms with Crippen LogP contribution in [-0.2, 0) is 22.4 Å². The second-order valence-electron chi connectivity index (χ2n) is 15.1. The summed E-state index contributed by atoms with van der Waals surface area (Å²) in [5.74, 6) is 2.07. The van der Waals surface area contributed by atoms with Crippen LogP contribution in [0.15, 0.2) is 33.3 Å². The first kappa shape index (κ1) is 33.9. The predicted molar refractivity (Wildman–Crippen MR) is 189 cm³/mol. The second-order valence-corrected chi connectivity index (χ2v) is 16.8. The number of hydrogen-bond donors (Lipinski definition) is 0. The van der Waals surface area contributed by atoms with Crippen LogP contribution in [0.2, 0.25) is 0 Å². The molecule has 4 heterocycles. The van der Waals surface area contributed by atoms with Crippen molar-refractivity contribution in [1.29, 1.82) is 0 Å². The number of fused-ring (bicyclic) bond motifs is 2. The Kier molecular flexibility index (Phi) is 10.5. The summed E-state index contributed by atoms with van der Waals surface area (Å²) in [4.78, 5) is 37.3. The molecule has 0 spiro atoms. The van der Waals surface area contributed by atoms with Crippen LogP contribution < -0.4 is 0 Å². The van der Waals surface area contributed by atoms with Gasteiger partial charge in [0.1, 0.15) is 5.60 Å². The van der Waals surface area contributed by atoms with E-state index >= 15 is 0 Å².